The first-order valence-corrected chi connectivity index (χ1v) is 8.35. The van der Waals surface area contributed by atoms with E-state index in [1.807, 2.05) is 10.8 Å². The Bertz CT molecular complexity index is 715. The van der Waals surface area contributed by atoms with Crippen LogP contribution in [0.5, 0.6) is 0 Å². The summed E-state index contributed by atoms with van der Waals surface area (Å²) in [5.41, 5.74) is 0.884. The topological polar surface area (TPSA) is 116 Å². The normalized spacial score (nSPS) is 14.0. The molecule has 0 heterocycles. The molecule has 0 spiro atoms. The zero-order valence-corrected chi connectivity index (χ0v) is 12.5. The van der Waals surface area contributed by atoms with Crippen molar-refractivity contribution in [2.75, 3.05) is 6.54 Å². The van der Waals surface area contributed by atoms with Crippen LogP contribution in [-0.4, -0.2) is 26.8 Å². The summed E-state index contributed by atoms with van der Waals surface area (Å²) >= 11 is 0. The van der Waals surface area contributed by atoms with Gasteiger partial charge in [0.15, 0.2) is 0 Å². The fourth-order valence-corrected chi connectivity index (χ4v) is 2.92. The van der Waals surface area contributed by atoms with Gasteiger partial charge < -0.3 is 5.32 Å². The Kier molecular flexibility index (Phi) is 4.78. The molecule has 0 aliphatic heterocycles. The summed E-state index contributed by atoms with van der Waals surface area (Å²) in [5, 5.41) is 11.1. The monoisotopic (exact) mass is 321 g/mol. The number of hydrogen-bond acceptors (Lipinski definition) is 5. The quantitative estimate of drug-likeness (QED) is 0.767. The lowest BCUT2D eigenvalue weighted by atomic mass is 10.2. The molecule has 0 radical (unpaired) electrons. The number of carbonyl (C=O) groups is 2. The third kappa shape index (κ3) is 4.86. The number of rotatable bonds is 6. The number of nitrogens with zero attached hydrogens (tertiary/aromatic N) is 1. The molecule has 0 bridgehead atoms. The number of nitriles is 1. The van der Waals surface area contributed by atoms with E-state index in [0.717, 1.165) is 12.8 Å². The lowest BCUT2D eigenvalue weighted by molar-refractivity contribution is -0.126. The lowest BCUT2D eigenvalue weighted by Gasteiger charge is -2.08. The van der Waals surface area contributed by atoms with Crippen molar-refractivity contribution in [3.05, 3.63) is 35.4 Å². The zero-order valence-electron chi connectivity index (χ0n) is 11.7. The zero-order chi connectivity index (χ0) is 16.2. The Hall–Kier alpha value is -2.40. The highest BCUT2D eigenvalue weighted by molar-refractivity contribution is 7.89. The smallest absolute Gasteiger partial charge is 0.252 e. The van der Waals surface area contributed by atoms with Gasteiger partial charge in [-0.3, -0.25) is 14.3 Å². The maximum Gasteiger partial charge on any atom is 0.252 e. The Morgan fingerprint density at radius 2 is 1.86 bits per heavy atom. The molecular weight excluding hydrogens is 306 g/mol. The van der Waals surface area contributed by atoms with E-state index in [2.05, 4.69) is 5.32 Å². The molecule has 0 atom stereocenters. The van der Waals surface area contributed by atoms with Crippen LogP contribution in [0.4, 0.5) is 0 Å². The van der Waals surface area contributed by atoms with Crippen LogP contribution in [0.2, 0.25) is 0 Å². The van der Waals surface area contributed by atoms with Gasteiger partial charge >= 0.3 is 0 Å². The fourth-order valence-electron chi connectivity index (χ4n) is 1.80. The molecule has 7 nitrogen and oxygen atoms in total. The molecule has 1 saturated carbocycles. The van der Waals surface area contributed by atoms with Crippen LogP contribution in [0.15, 0.2) is 24.3 Å². The Morgan fingerprint density at radius 3 is 2.41 bits per heavy atom. The molecule has 1 fully saturated rings. The molecule has 1 aromatic carbocycles. The number of hydrogen-bond donors (Lipinski definition) is 2. The van der Waals surface area contributed by atoms with Crippen molar-refractivity contribution in [2.24, 2.45) is 5.92 Å². The highest BCUT2D eigenvalue weighted by atomic mass is 32.2. The number of benzene rings is 1. The second-order valence-electron chi connectivity index (χ2n) is 5.09. The highest BCUT2D eigenvalue weighted by Crippen LogP contribution is 2.28. The van der Waals surface area contributed by atoms with Gasteiger partial charge in [0.25, 0.3) is 5.91 Å². The summed E-state index contributed by atoms with van der Waals surface area (Å²) in [6, 6.07) is 7.96. The van der Waals surface area contributed by atoms with E-state index in [9.17, 15) is 18.0 Å². The molecular formula is C14H15N3O4S. The number of amides is 2. The summed E-state index contributed by atoms with van der Waals surface area (Å²) in [6.07, 6.45) is 1.62. The largest absolute Gasteiger partial charge is 0.347 e. The average molecular weight is 321 g/mol. The van der Waals surface area contributed by atoms with E-state index >= 15 is 0 Å². The molecule has 1 aromatic rings. The van der Waals surface area contributed by atoms with Crippen LogP contribution in [-0.2, 0) is 25.4 Å². The summed E-state index contributed by atoms with van der Waals surface area (Å²) < 4.78 is 25.6. The van der Waals surface area contributed by atoms with E-state index in [-0.39, 0.29) is 24.1 Å². The maximum absolute atomic E-state index is 11.8. The van der Waals surface area contributed by atoms with Gasteiger partial charge in [-0.05, 0) is 30.5 Å². The maximum atomic E-state index is 11.8. The number of carbonyl (C=O) groups excluding carboxylic acids is 2. The van der Waals surface area contributed by atoms with Crippen LogP contribution in [0.3, 0.4) is 0 Å². The first-order chi connectivity index (χ1) is 10.4. The molecule has 116 valence electrons. The van der Waals surface area contributed by atoms with E-state index < -0.39 is 15.9 Å². The third-order valence-corrected chi connectivity index (χ3v) is 4.33. The lowest BCUT2D eigenvalue weighted by Crippen LogP contribution is -2.40. The van der Waals surface area contributed by atoms with Crippen LogP contribution >= 0.6 is 0 Å². The van der Waals surface area contributed by atoms with Gasteiger partial charge in [0.2, 0.25) is 15.9 Å². The van der Waals surface area contributed by atoms with Crippen LogP contribution in [0, 0.1) is 17.2 Å². The standard InChI is InChI=1S/C14H15N3O4S/c15-7-10-1-3-11(4-2-10)9-22(20,21)17-13(18)8-16-14(19)12-5-6-12/h1-4,12H,5-6,8-9H2,(H,16,19)(H,17,18). The second kappa shape index (κ2) is 6.58. The number of sulfonamides is 1. The number of nitrogens with one attached hydrogen (secondary N) is 2. The summed E-state index contributed by atoms with van der Waals surface area (Å²) in [7, 11) is -3.84. The minimum absolute atomic E-state index is 0.0388. The van der Waals surface area contributed by atoms with Gasteiger partial charge in [-0.1, -0.05) is 12.1 Å². The van der Waals surface area contributed by atoms with Crippen LogP contribution in [0.1, 0.15) is 24.0 Å². The molecule has 2 amide bonds. The molecule has 0 unspecified atom stereocenters. The van der Waals surface area contributed by atoms with E-state index in [1.165, 1.54) is 24.3 Å². The Labute approximate surface area is 128 Å². The van der Waals surface area contributed by atoms with Crippen LogP contribution in [0.25, 0.3) is 0 Å². The minimum Gasteiger partial charge on any atom is -0.347 e. The van der Waals surface area contributed by atoms with Gasteiger partial charge in [-0.15, -0.1) is 0 Å². The summed E-state index contributed by atoms with van der Waals surface area (Å²) in [5.74, 6) is -1.41. The fraction of sp³-hybridized carbons (Fsp3) is 0.357. The summed E-state index contributed by atoms with van der Waals surface area (Å²) in [4.78, 5) is 22.9. The summed E-state index contributed by atoms with van der Waals surface area (Å²) in [6.45, 7) is -0.359. The molecule has 1 aliphatic carbocycles. The average Bonchev–Trinajstić information content (AvgIpc) is 3.29. The van der Waals surface area contributed by atoms with E-state index in [4.69, 9.17) is 5.26 Å². The van der Waals surface area contributed by atoms with Crippen LogP contribution < -0.4 is 10.0 Å². The van der Waals surface area contributed by atoms with Crippen molar-refractivity contribution in [3.63, 3.8) is 0 Å². The molecule has 0 aromatic heterocycles. The first kappa shape index (κ1) is 16.0. The van der Waals surface area contributed by atoms with E-state index in [1.54, 1.807) is 0 Å². The van der Waals surface area contributed by atoms with Gasteiger partial charge in [0, 0.05) is 5.92 Å². The molecule has 22 heavy (non-hydrogen) atoms. The third-order valence-electron chi connectivity index (χ3n) is 3.08. The molecule has 1 aliphatic rings. The molecule has 2 N–H and O–H groups in total. The van der Waals surface area contributed by atoms with Crippen molar-refractivity contribution in [1.82, 2.24) is 10.0 Å². The molecule has 0 saturated heterocycles. The first-order valence-electron chi connectivity index (χ1n) is 6.70. The van der Waals surface area contributed by atoms with Gasteiger partial charge in [0.05, 0.1) is 23.9 Å². The van der Waals surface area contributed by atoms with Crippen molar-refractivity contribution in [1.29, 1.82) is 5.26 Å². The predicted molar refractivity (Wildman–Crippen MR) is 77.7 cm³/mol. The van der Waals surface area contributed by atoms with Crippen molar-refractivity contribution >= 4 is 21.8 Å². The minimum atomic E-state index is -3.84. The van der Waals surface area contributed by atoms with Crippen molar-refractivity contribution in [2.45, 2.75) is 18.6 Å². The van der Waals surface area contributed by atoms with Crippen molar-refractivity contribution < 1.29 is 18.0 Å². The molecule has 2 rings (SSSR count). The predicted octanol–water partition coefficient (Wildman–Crippen LogP) is 0.0305. The Balaban J connectivity index is 1.85. The van der Waals surface area contributed by atoms with Gasteiger partial charge in [-0.25, -0.2) is 8.42 Å². The van der Waals surface area contributed by atoms with Gasteiger partial charge in [-0.2, -0.15) is 5.26 Å². The van der Waals surface area contributed by atoms with Crippen molar-refractivity contribution in [3.8, 4) is 6.07 Å². The Morgan fingerprint density at radius 1 is 1.23 bits per heavy atom. The SMILES string of the molecule is N#Cc1ccc(CS(=O)(=O)NC(=O)CNC(=O)C2CC2)cc1. The molecule has 8 heteroatoms. The second-order valence-corrected chi connectivity index (χ2v) is 6.81. The van der Waals surface area contributed by atoms with Gasteiger partial charge in [0.1, 0.15) is 0 Å². The van der Waals surface area contributed by atoms with E-state index in [0.29, 0.717) is 11.1 Å². The highest BCUT2D eigenvalue weighted by Gasteiger charge is 2.29.